The highest BCUT2D eigenvalue weighted by Crippen LogP contribution is 2.19. The quantitative estimate of drug-likeness (QED) is 0.389. The van der Waals surface area contributed by atoms with Crippen LogP contribution in [0.1, 0.15) is 39.5 Å². The van der Waals surface area contributed by atoms with Gasteiger partial charge < -0.3 is 0 Å². The van der Waals surface area contributed by atoms with Crippen molar-refractivity contribution < 1.29 is 4.79 Å². The van der Waals surface area contributed by atoms with Crippen molar-refractivity contribution in [3.05, 3.63) is 0 Å². The van der Waals surface area contributed by atoms with Gasteiger partial charge in [-0.15, -0.1) is 0 Å². The molecular weight excluding hydrogens is 178 g/mol. The highest BCUT2D eigenvalue weighted by molar-refractivity contribution is 5.84. The number of hydrogen-bond acceptors (Lipinski definition) is 3. The zero-order valence-electron chi connectivity index (χ0n) is 9.18. The van der Waals surface area contributed by atoms with Gasteiger partial charge in [0.15, 0.2) is 0 Å². The van der Waals surface area contributed by atoms with E-state index < -0.39 is 5.54 Å². The Kier molecular flexibility index (Phi) is 3.89. The molecule has 0 aromatic rings. The van der Waals surface area contributed by atoms with Crippen LogP contribution >= 0.6 is 0 Å². The van der Waals surface area contributed by atoms with E-state index in [2.05, 4.69) is 10.3 Å². The van der Waals surface area contributed by atoms with E-state index in [-0.39, 0.29) is 5.91 Å². The number of nitrogens with one attached hydrogen (secondary N) is 1. The molecule has 1 aliphatic rings. The minimum atomic E-state index is -0.473. The molecule has 0 unspecified atom stereocenters. The first-order valence-corrected chi connectivity index (χ1v) is 5.35. The highest BCUT2D eigenvalue weighted by atomic mass is 16.2. The second-order valence-electron chi connectivity index (χ2n) is 4.43. The highest BCUT2D eigenvalue weighted by Gasteiger charge is 2.33. The summed E-state index contributed by atoms with van der Waals surface area (Å²) in [6.45, 7) is 5.86. The van der Waals surface area contributed by atoms with Crippen molar-refractivity contribution in [2.24, 2.45) is 5.84 Å². The number of carbonyl (C=O) groups excluding carboxylic acids is 1. The van der Waals surface area contributed by atoms with E-state index in [4.69, 9.17) is 5.84 Å². The number of carbonyl (C=O) groups is 1. The molecule has 0 aromatic heterocycles. The summed E-state index contributed by atoms with van der Waals surface area (Å²) in [6, 6.07) is 0. The number of rotatable bonds is 2. The summed E-state index contributed by atoms with van der Waals surface area (Å²) in [7, 11) is 0. The maximum Gasteiger partial charge on any atom is 0.253 e. The van der Waals surface area contributed by atoms with Crippen molar-refractivity contribution in [2.45, 2.75) is 45.1 Å². The molecule has 0 saturated carbocycles. The molecule has 3 N–H and O–H groups in total. The second-order valence-corrected chi connectivity index (χ2v) is 4.43. The van der Waals surface area contributed by atoms with E-state index >= 15 is 0 Å². The monoisotopic (exact) mass is 199 g/mol. The van der Waals surface area contributed by atoms with Gasteiger partial charge in [-0.2, -0.15) is 0 Å². The first-order valence-electron chi connectivity index (χ1n) is 5.35. The fourth-order valence-electron chi connectivity index (χ4n) is 1.95. The summed E-state index contributed by atoms with van der Waals surface area (Å²) in [5.74, 6) is 5.08. The molecule has 0 atom stereocenters. The van der Waals surface area contributed by atoms with Crippen LogP contribution in [0.5, 0.6) is 0 Å². The van der Waals surface area contributed by atoms with Crippen molar-refractivity contribution in [3.8, 4) is 0 Å². The Bertz CT molecular complexity index is 196. The maximum absolute atomic E-state index is 11.6. The number of amides is 1. The molecule has 1 heterocycles. The fraction of sp³-hybridized carbons (Fsp3) is 0.900. The van der Waals surface area contributed by atoms with Gasteiger partial charge in [0.1, 0.15) is 0 Å². The van der Waals surface area contributed by atoms with Gasteiger partial charge in [-0.05, 0) is 39.8 Å². The molecule has 1 rings (SSSR count). The Morgan fingerprint density at radius 1 is 1.21 bits per heavy atom. The SMILES string of the molecule is CC(C)(C(=O)NN)N1CCCCCC1. The number of hydrazine groups is 1. The molecule has 1 aliphatic heterocycles. The Balaban J connectivity index is 2.63. The fourth-order valence-corrected chi connectivity index (χ4v) is 1.95. The minimum absolute atomic E-state index is 0.0978. The van der Waals surface area contributed by atoms with E-state index in [1.54, 1.807) is 0 Å². The van der Waals surface area contributed by atoms with Crippen LogP contribution in [0.2, 0.25) is 0 Å². The van der Waals surface area contributed by atoms with Crippen LogP contribution in [0.25, 0.3) is 0 Å². The molecule has 82 valence electrons. The number of hydrogen-bond donors (Lipinski definition) is 2. The molecule has 0 bridgehead atoms. The Labute approximate surface area is 85.8 Å². The molecule has 4 nitrogen and oxygen atoms in total. The van der Waals surface area contributed by atoms with Gasteiger partial charge in [0.05, 0.1) is 5.54 Å². The summed E-state index contributed by atoms with van der Waals surface area (Å²) < 4.78 is 0. The predicted octanol–water partition coefficient (Wildman–Crippen LogP) is 0.631. The third-order valence-corrected chi connectivity index (χ3v) is 3.08. The molecule has 4 heteroatoms. The smallest absolute Gasteiger partial charge is 0.253 e. The Morgan fingerprint density at radius 3 is 2.14 bits per heavy atom. The molecule has 1 fully saturated rings. The molecule has 14 heavy (non-hydrogen) atoms. The van der Waals surface area contributed by atoms with Crippen LogP contribution in [-0.2, 0) is 4.79 Å². The third-order valence-electron chi connectivity index (χ3n) is 3.08. The standard InChI is InChI=1S/C10H21N3O/c1-10(2,9(14)12-11)13-7-5-3-4-6-8-13/h3-8,11H2,1-2H3,(H,12,14). The van der Waals surface area contributed by atoms with Crippen LogP contribution in [0.3, 0.4) is 0 Å². The lowest BCUT2D eigenvalue weighted by molar-refractivity contribution is -0.131. The van der Waals surface area contributed by atoms with Gasteiger partial charge in [0.25, 0.3) is 5.91 Å². The summed E-state index contributed by atoms with van der Waals surface area (Å²) in [5.41, 5.74) is 1.77. The number of nitrogens with zero attached hydrogens (tertiary/aromatic N) is 1. The van der Waals surface area contributed by atoms with E-state index in [0.717, 1.165) is 13.1 Å². The van der Waals surface area contributed by atoms with E-state index in [1.165, 1.54) is 25.7 Å². The lowest BCUT2D eigenvalue weighted by Crippen LogP contribution is -2.56. The van der Waals surface area contributed by atoms with Crippen molar-refractivity contribution in [1.29, 1.82) is 0 Å². The summed E-state index contributed by atoms with van der Waals surface area (Å²) in [4.78, 5) is 13.8. The summed E-state index contributed by atoms with van der Waals surface area (Å²) >= 11 is 0. The first-order chi connectivity index (χ1) is 6.59. The Morgan fingerprint density at radius 2 is 1.71 bits per heavy atom. The van der Waals surface area contributed by atoms with Gasteiger partial charge in [0, 0.05) is 0 Å². The maximum atomic E-state index is 11.6. The van der Waals surface area contributed by atoms with Gasteiger partial charge in [-0.3, -0.25) is 15.1 Å². The zero-order chi connectivity index (χ0) is 10.6. The zero-order valence-corrected chi connectivity index (χ0v) is 9.18. The molecule has 0 aromatic carbocycles. The minimum Gasteiger partial charge on any atom is -0.293 e. The van der Waals surface area contributed by atoms with Gasteiger partial charge in [-0.1, -0.05) is 12.8 Å². The van der Waals surface area contributed by atoms with Crippen molar-refractivity contribution >= 4 is 5.91 Å². The predicted molar refractivity (Wildman–Crippen MR) is 56.5 cm³/mol. The lowest BCUT2D eigenvalue weighted by atomic mass is 10.0. The van der Waals surface area contributed by atoms with Crippen LogP contribution in [-0.4, -0.2) is 29.4 Å². The van der Waals surface area contributed by atoms with Gasteiger partial charge >= 0.3 is 0 Å². The average Bonchev–Trinajstić information content (AvgIpc) is 2.44. The first kappa shape index (κ1) is 11.5. The van der Waals surface area contributed by atoms with Crippen LogP contribution < -0.4 is 11.3 Å². The van der Waals surface area contributed by atoms with Crippen LogP contribution in [0.15, 0.2) is 0 Å². The molecule has 1 saturated heterocycles. The van der Waals surface area contributed by atoms with Crippen molar-refractivity contribution in [1.82, 2.24) is 10.3 Å². The summed E-state index contributed by atoms with van der Waals surface area (Å²) in [6.07, 6.45) is 4.91. The Hall–Kier alpha value is -0.610. The molecule has 1 amide bonds. The largest absolute Gasteiger partial charge is 0.293 e. The van der Waals surface area contributed by atoms with Gasteiger partial charge in [-0.25, -0.2) is 5.84 Å². The van der Waals surface area contributed by atoms with E-state index in [0.29, 0.717) is 0 Å². The van der Waals surface area contributed by atoms with Crippen LogP contribution in [0.4, 0.5) is 0 Å². The van der Waals surface area contributed by atoms with E-state index in [1.807, 2.05) is 13.8 Å². The third kappa shape index (κ3) is 2.45. The normalized spacial score (nSPS) is 20.2. The van der Waals surface area contributed by atoms with Crippen LogP contribution in [0, 0.1) is 0 Å². The molecule has 0 aliphatic carbocycles. The summed E-state index contributed by atoms with van der Waals surface area (Å²) in [5, 5.41) is 0. The molecular formula is C10H21N3O. The molecule has 0 spiro atoms. The number of likely N-dealkylation sites (tertiary alicyclic amines) is 1. The van der Waals surface area contributed by atoms with Crippen molar-refractivity contribution in [3.63, 3.8) is 0 Å². The molecule has 0 radical (unpaired) electrons. The topological polar surface area (TPSA) is 58.4 Å². The van der Waals surface area contributed by atoms with E-state index in [9.17, 15) is 4.79 Å². The number of nitrogens with two attached hydrogens (primary N) is 1. The average molecular weight is 199 g/mol. The second kappa shape index (κ2) is 4.75. The van der Waals surface area contributed by atoms with Gasteiger partial charge in [0.2, 0.25) is 0 Å². The van der Waals surface area contributed by atoms with Crippen molar-refractivity contribution in [2.75, 3.05) is 13.1 Å². The lowest BCUT2D eigenvalue weighted by Gasteiger charge is -2.35.